The first-order valence-electron chi connectivity index (χ1n) is 10.9. The van der Waals surface area contributed by atoms with E-state index in [1.807, 2.05) is 18.2 Å². The van der Waals surface area contributed by atoms with Crippen LogP contribution in [0.4, 0.5) is 21.0 Å². The Morgan fingerprint density at radius 3 is 2.15 bits per heavy atom. The molecule has 2 aromatic rings. The Balaban J connectivity index is 2.35. The molecule has 0 aliphatic carbocycles. The first-order chi connectivity index (χ1) is 16.4. The molecule has 10 nitrogen and oxygen atoms in total. The number of alkyl carbamates (subject to hydrolysis) is 2. The van der Waals surface area contributed by atoms with Gasteiger partial charge in [-0.1, -0.05) is 44.4 Å². The lowest BCUT2D eigenvalue weighted by Gasteiger charge is -2.13. The maximum Gasteiger partial charge on any atom is 0.413 e. The van der Waals surface area contributed by atoms with Gasteiger partial charge >= 0.3 is 12.2 Å². The minimum absolute atomic E-state index is 0.173. The van der Waals surface area contributed by atoms with E-state index in [9.17, 15) is 14.4 Å². The molecule has 0 atom stereocenters. The Morgan fingerprint density at radius 2 is 1.53 bits per heavy atom. The number of nitrogens with one attached hydrogen (secondary N) is 3. The third kappa shape index (κ3) is 9.19. The van der Waals surface area contributed by atoms with Gasteiger partial charge in [-0.15, -0.1) is 0 Å². The Labute approximate surface area is 198 Å². The highest BCUT2D eigenvalue weighted by atomic mass is 16.5. The Hall–Kier alpha value is -4.08. The number of rotatable bonds is 9. The van der Waals surface area contributed by atoms with Crippen molar-refractivity contribution in [1.82, 2.24) is 10.6 Å². The molecule has 0 radical (unpaired) electrons. The minimum atomic E-state index is -0.853. The molecular weight excluding hydrogens is 440 g/mol. The summed E-state index contributed by atoms with van der Waals surface area (Å²) in [7, 11) is 2.34. The Bertz CT molecular complexity index is 974. The lowest BCUT2D eigenvalue weighted by molar-refractivity contribution is -0.116. The van der Waals surface area contributed by atoms with Gasteiger partial charge in [0.05, 0.1) is 25.6 Å². The molecule has 0 bridgehead atoms. The fourth-order valence-corrected chi connectivity index (χ4v) is 2.83. The van der Waals surface area contributed by atoms with Crippen LogP contribution in [0, 0.1) is 0 Å². The van der Waals surface area contributed by atoms with Crippen molar-refractivity contribution in [3.63, 3.8) is 0 Å². The first kappa shape index (κ1) is 26.2. The molecule has 0 saturated carbocycles. The van der Waals surface area contributed by atoms with E-state index in [4.69, 9.17) is 4.74 Å². The molecule has 0 aliphatic rings. The maximum atomic E-state index is 12.5. The Morgan fingerprint density at radius 1 is 0.853 bits per heavy atom. The predicted octanol–water partition coefficient (Wildman–Crippen LogP) is 5.09. The number of anilines is 1. The highest BCUT2D eigenvalue weighted by Gasteiger charge is 2.14. The number of methoxy groups -OCH3 is 2. The quantitative estimate of drug-likeness (QED) is 0.266. The number of unbranched alkanes of at least 4 members (excludes halogenated alkanes) is 3. The summed E-state index contributed by atoms with van der Waals surface area (Å²) >= 11 is 0. The third-order valence-electron chi connectivity index (χ3n) is 4.52. The van der Waals surface area contributed by atoms with E-state index in [0.29, 0.717) is 23.6 Å². The molecule has 0 aliphatic heterocycles. The van der Waals surface area contributed by atoms with E-state index in [-0.39, 0.29) is 17.6 Å². The first-order valence-corrected chi connectivity index (χ1v) is 10.9. The summed E-state index contributed by atoms with van der Waals surface area (Å²) < 4.78 is 15.0. The zero-order valence-corrected chi connectivity index (χ0v) is 19.6. The summed E-state index contributed by atoms with van der Waals surface area (Å²) in [4.78, 5) is 40.2. The molecule has 0 heterocycles. The zero-order valence-electron chi connectivity index (χ0n) is 19.6. The highest BCUT2D eigenvalue weighted by Crippen LogP contribution is 2.32. The van der Waals surface area contributed by atoms with E-state index in [0.717, 1.165) is 25.7 Å². The molecule has 10 heteroatoms. The van der Waals surface area contributed by atoms with Crippen LogP contribution in [0.1, 0.15) is 39.0 Å². The molecule has 3 amide bonds. The van der Waals surface area contributed by atoms with E-state index >= 15 is 0 Å². The van der Waals surface area contributed by atoms with Crippen LogP contribution < -0.4 is 20.7 Å². The number of hydrogen-bond acceptors (Lipinski definition) is 7. The molecule has 2 rings (SSSR count). The monoisotopic (exact) mass is 470 g/mol. The average Bonchev–Trinajstić information content (AvgIpc) is 2.83. The van der Waals surface area contributed by atoms with Crippen LogP contribution >= 0.6 is 0 Å². The van der Waals surface area contributed by atoms with Crippen LogP contribution in [-0.2, 0) is 14.3 Å². The summed E-state index contributed by atoms with van der Waals surface area (Å²) in [5.74, 6) is 0.605. The van der Waals surface area contributed by atoms with Gasteiger partial charge in [0.25, 0.3) is 0 Å². The van der Waals surface area contributed by atoms with Crippen molar-refractivity contribution in [1.29, 1.82) is 0 Å². The van der Waals surface area contributed by atoms with E-state index in [1.54, 1.807) is 30.3 Å². The van der Waals surface area contributed by atoms with Crippen LogP contribution in [0.5, 0.6) is 11.5 Å². The average molecular weight is 471 g/mol. The summed E-state index contributed by atoms with van der Waals surface area (Å²) in [6.45, 7) is 2.10. The summed E-state index contributed by atoms with van der Waals surface area (Å²) in [5, 5.41) is 7.43. The fraction of sp³-hybridized carbons (Fsp3) is 0.333. The van der Waals surface area contributed by atoms with Gasteiger partial charge in [-0.2, -0.15) is 0 Å². The summed E-state index contributed by atoms with van der Waals surface area (Å²) in [6.07, 6.45) is 2.53. The number of hydrogen-bond donors (Lipinski definition) is 3. The lowest BCUT2D eigenvalue weighted by atomic mass is 10.1. The Kier molecular flexibility index (Phi) is 10.9. The second-order valence-electron chi connectivity index (χ2n) is 7.15. The maximum absolute atomic E-state index is 12.5. The van der Waals surface area contributed by atoms with Crippen LogP contribution in [-0.4, -0.2) is 38.3 Å². The van der Waals surface area contributed by atoms with Gasteiger partial charge in [0.2, 0.25) is 11.9 Å². The van der Waals surface area contributed by atoms with Gasteiger partial charge in [0.15, 0.2) is 0 Å². The largest absolute Gasteiger partial charge is 0.457 e. The number of guanidine groups is 1. The molecule has 0 spiro atoms. The molecule has 34 heavy (non-hydrogen) atoms. The van der Waals surface area contributed by atoms with Crippen LogP contribution in [0.3, 0.4) is 0 Å². The second kappa shape index (κ2) is 14.1. The number of aliphatic imine (C=N–C) groups is 1. The SMILES string of the molecule is CCCCCCC(=O)Nc1ccc(Oc2ccccc2)cc1N=C(NC(=O)OC)NC(=O)OC. The van der Waals surface area contributed by atoms with E-state index in [1.165, 1.54) is 14.2 Å². The minimum Gasteiger partial charge on any atom is -0.457 e. The van der Waals surface area contributed by atoms with Gasteiger partial charge < -0.3 is 19.5 Å². The number of ether oxygens (including phenoxy) is 3. The van der Waals surface area contributed by atoms with Gasteiger partial charge in [0, 0.05) is 12.5 Å². The summed E-state index contributed by atoms with van der Waals surface area (Å²) in [6, 6.07) is 14.0. The molecule has 182 valence electrons. The summed E-state index contributed by atoms with van der Waals surface area (Å²) in [5.41, 5.74) is 0.606. The van der Waals surface area contributed by atoms with Crippen molar-refractivity contribution in [2.75, 3.05) is 19.5 Å². The number of para-hydroxylation sites is 1. The molecule has 3 N–H and O–H groups in total. The zero-order chi connectivity index (χ0) is 24.8. The molecular formula is C24H30N4O6. The smallest absolute Gasteiger partial charge is 0.413 e. The van der Waals surface area contributed by atoms with E-state index in [2.05, 4.69) is 37.3 Å². The molecule has 2 aromatic carbocycles. The van der Waals surface area contributed by atoms with Gasteiger partial charge in [0.1, 0.15) is 11.5 Å². The molecule has 0 unspecified atom stereocenters. The molecule has 0 saturated heterocycles. The third-order valence-corrected chi connectivity index (χ3v) is 4.52. The number of carbonyl (C=O) groups excluding carboxylic acids is 3. The lowest BCUT2D eigenvalue weighted by Crippen LogP contribution is -2.43. The van der Waals surface area contributed by atoms with Crippen LogP contribution in [0.25, 0.3) is 0 Å². The fourth-order valence-electron chi connectivity index (χ4n) is 2.83. The number of amides is 3. The van der Waals surface area contributed by atoms with Crippen molar-refractivity contribution >= 4 is 35.4 Å². The van der Waals surface area contributed by atoms with Gasteiger partial charge in [-0.05, 0) is 30.7 Å². The van der Waals surface area contributed by atoms with E-state index < -0.39 is 12.2 Å². The molecule has 0 fully saturated rings. The van der Waals surface area contributed by atoms with Gasteiger partial charge in [-0.25, -0.2) is 14.6 Å². The normalized spacial score (nSPS) is 9.97. The number of nitrogens with zero attached hydrogens (tertiary/aromatic N) is 1. The topological polar surface area (TPSA) is 127 Å². The molecule has 0 aromatic heterocycles. The van der Waals surface area contributed by atoms with Crippen molar-refractivity contribution in [3.8, 4) is 11.5 Å². The van der Waals surface area contributed by atoms with Crippen LogP contribution in [0.2, 0.25) is 0 Å². The van der Waals surface area contributed by atoms with Crippen molar-refractivity contribution in [2.24, 2.45) is 4.99 Å². The number of carbonyl (C=O) groups is 3. The second-order valence-corrected chi connectivity index (χ2v) is 7.15. The van der Waals surface area contributed by atoms with Crippen molar-refractivity contribution < 1.29 is 28.6 Å². The van der Waals surface area contributed by atoms with Crippen molar-refractivity contribution in [2.45, 2.75) is 39.0 Å². The number of benzene rings is 2. The van der Waals surface area contributed by atoms with Gasteiger partial charge in [-0.3, -0.25) is 15.4 Å². The van der Waals surface area contributed by atoms with Crippen molar-refractivity contribution in [3.05, 3.63) is 48.5 Å². The van der Waals surface area contributed by atoms with Crippen LogP contribution in [0.15, 0.2) is 53.5 Å². The standard InChI is InChI=1S/C24H30N4O6/c1-4-5-6-10-13-21(29)25-19-15-14-18(34-17-11-8-7-9-12-17)16-20(19)26-22(27-23(30)32-2)28-24(31)33-3/h7-9,11-12,14-16H,4-6,10,13H2,1-3H3,(H,25,29)(H2,26,27,28,30,31). The predicted molar refractivity (Wildman–Crippen MR) is 129 cm³/mol. The highest BCUT2D eigenvalue weighted by molar-refractivity contribution is 6.03.